The Morgan fingerprint density at radius 2 is 1.92 bits per heavy atom. The van der Waals surface area contributed by atoms with Crippen LogP contribution in [-0.4, -0.2) is 24.0 Å². The third-order valence-corrected chi connectivity index (χ3v) is 6.32. The van der Waals surface area contributed by atoms with Crippen molar-refractivity contribution in [1.82, 2.24) is 5.32 Å². The van der Waals surface area contributed by atoms with Gasteiger partial charge in [-0.2, -0.15) is 11.8 Å². The van der Waals surface area contributed by atoms with Gasteiger partial charge in [-0.15, -0.1) is 11.8 Å². The Balaban J connectivity index is 1.56. The van der Waals surface area contributed by atoms with Crippen LogP contribution >= 0.6 is 62.7 Å². The Morgan fingerprint density at radius 3 is 2.68 bits per heavy atom. The maximum Gasteiger partial charge on any atom is 0.230 e. The van der Waals surface area contributed by atoms with Crippen molar-refractivity contribution >= 4 is 68.6 Å². The summed E-state index contributed by atoms with van der Waals surface area (Å²) in [5.74, 6) is 3.03. The van der Waals surface area contributed by atoms with Crippen molar-refractivity contribution in [3.63, 3.8) is 0 Å². The molecule has 25 heavy (non-hydrogen) atoms. The number of carbonyl (C=O) groups excluding carboxylic acids is 1. The van der Waals surface area contributed by atoms with Gasteiger partial charge < -0.3 is 5.32 Å². The number of amides is 1. The van der Waals surface area contributed by atoms with E-state index in [-0.39, 0.29) is 5.91 Å². The Hall–Kier alpha value is -0.330. The van der Waals surface area contributed by atoms with E-state index in [1.165, 1.54) is 5.56 Å². The topological polar surface area (TPSA) is 29.1 Å². The third kappa shape index (κ3) is 8.27. The molecule has 2 nitrogen and oxygen atoms in total. The lowest BCUT2D eigenvalue weighted by Gasteiger charge is -2.07. The highest BCUT2D eigenvalue weighted by molar-refractivity contribution is 9.10. The highest BCUT2D eigenvalue weighted by Crippen LogP contribution is 2.24. The van der Waals surface area contributed by atoms with Crippen molar-refractivity contribution in [2.45, 2.75) is 11.5 Å². The normalized spacial score (nSPS) is 10.7. The molecule has 2 aromatic rings. The lowest BCUT2D eigenvalue weighted by molar-refractivity contribution is -0.118. The number of halogens is 3. The van der Waals surface area contributed by atoms with Gasteiger partial charge in [0, 0.05) is 38.3 Å². The van der Waals surface area contributed by atoms with Gasteiger partial charge in [-0.1, -0.05) is 57.3 Å². The number of nitrogens with one attached hydrogen (secondary N) is 1. The van der Waals surface area contributed by atoms with Crippen LogP contribution in [0.15, 0.2) is 46.9 Å². The first-order chi connectivity index (χ1) is 12.0. The second kappa shape index (κ2) is 11.4. The van der Waals surface area contributed by atoms with Crippen LogP contribution in [0.2, 0.25) is 10.0 Å². The summed E-state index contributed by atoms with van der Waals surface area (Å²) in [5, 5.41) is 4.28. The third-order valence-electron chi connectivity index (χ3n) is 3.23. The molecule has 0 aliphatic carbocycles. The maximum absolute atomic E-state index is 11.8. The summed E-state index contributed by atoms with van der Waals surface area (Å²) in [7, 11) is 0. The van der Waals surface area contributed by atoms with E-state index in [1.807, 2.05) is 24.3 Å². The van der Waals surface area contributed by atoms with Crippen molar-refractivity contribution < 1.29 is 4.79 Å². The fourth-order valence-corrected chi connectivity index (χ4v) is 4.69. The molecule has 0 saturated heterocycles. The summed E-state index contributed by atoms with van der Waals surface area (Å²) in [6.45, 7) is 0.659. The molecule has 2 aromatic carbocycles. The molecule has 0 saturated carbocycles. The second-order valence-corrected chi connectivity index (χ2v) is 9.11. The Kier molecular flexibility index (Phi) is 9.56. The Bertz CT molecular complexity index is 715. The number of hydrogen-bond acceptors (Lipinski definition) is 3. The van der Waals surface area contributed by atoms with Gasteiger partial charge in [-0.05, 0) is 35.4 Å². The SMILES string of the molecule is O=C(CSCc1cccc(Br)c1)NCCSCc1ccc(Cl)cc1Cl. The molecular formula is C18H18BrCl2NOS2. The van der Waals surface area contributed by atoms with Gasteiger partial charge in [0.05, 0.1) is 5.75 Å². The van der Waals surface area contributed by atoms with E-state index < -0.39 is 0 Å². The first-order valence-corrected chi connectivity index (χ1v) is 11.5. The Labute approximate surface area is 175 Å². The van der Waals surface area contributed by atoms with Crippen LogP contribution in [0, 0.1) is 0 Å². The first-order valence-electron chi connectivity index (χ1n) is 7.65. The standard InChI is InChI=1S/C18H18BrCl2NOS2/c19-15-3-1-2-13(8-15)10-25-12-18(23)22-6-7-24-11-14-4-5-16(20)9-17(14)21/h1-5,8-9H,6-7,10-12H2,(H,22,23). The minimum Gasteiger partial charge on any atom is -0.355 e. The molecule has 0 atom stereocenters. The van der Waals surface area contributed by atoms with Crippen molar-refractivity contribution in [3.05, 3.63) is 68.1 Å². The van der Waals surface area contributed by atoms with Gasteiger partial charge >= 0.3 is 0 Å². The van der Waals surface area contributed by atoms with Crippen LogP contribution in [-0.2, 0) is 16.3 Å². The molecule has 0 aliphatic heterocycles. The van der Waals surface area contributed by atoms with E-state index in [0.29, 0.717) is 22.3 Å². The average Bonchev–Trinajstić information content (AvgIpc) is 2.56. The molecular weight excluding hydrogens is 461 g/mol. The number of benzene rings is 2. The van der Waals surface area contributed by atoms with E-state index in [0.717, 1.165) is 27.3 Å². The Morgan fingerprint density at radius 1 is 1.08 bits per heavy atom. The molecule has 0 spiro atoms. The summed E-state index contributed by atoms with van der Waals surface area (Å²) in [6.07, 6.45) is 0. The van der Waals surface area contributed by atoms with Crippen LogP contribution in [0.5, 0.6) is 0 Å². The van der Waals surface area contributed by atoms with Crippen molar-refractivity contribution in [2.75, 3.05) is 18.1 Å². The smallest absolute Gasteiger partial charge is 0.230 e. The molecule has 0 unspecified atom stereocenters. The minimum atomic E-state index is 0.0742. The molecule has 0 radical (unpaired) electrons. The number of carbonyl (C=O) groups is 1. The molecule has 2 rings (SSSR count). The van der Waals surface area contributed by atoms with Gasteiger partial charge in [0.15, 0.2) is 0 Å². The van der Waals surface area contributed by atoms with Crippen LogP contribution in [0.3, 0.4) is 0 Å². The second-order valence-electron chi connectivity index (χ2n) is 5.26. The van der Waals surface area contributed by atoms with Crippen LogP contribution in [0.1, 0.15) is 11.1 Å². The van der Waals surface area contributed by atoms with E-state index >= 15 is 0 Å². The maximum atomic E-state index is 11.8. The zero-order chi connectivity index (χ0) is 18.1. The van der Waals surface area contributed by atoms with Crippen LogP contribution in [0.4, 0.5) is 0 Å². The van der Waals surface area contributed by atoms with Crippen LogP contribution < -0.4 is 5.32 Å². The van der Waals surface area contributed by atoms with Gasteiger partial charge in [0.1, 0.15) is 0 Å². The van der Waals surface area contributed by atoms with Crippen molar-refractivity contribution in [2.24, 2.45) is 0 Å². The van der Waals surface area contributed by atoms with Crippen molar-refractivity contribution in [1.29, 1.82) is 0 Å². The van der Waals surface area contributed by atoms with E-state index in [9.17, 15) is 4.79 Å². The summed E-state index contributed by atoms with van der Waals surface area (Å²) in [4.78, 5) is 11.8. The molecule has 7 heteroatoms. The number of rotatable bonds is 9. The molecule has 0 heterocycles. The predicted octanol–water partition coefficient (Wildman–Crippen LogP) is 6.04. The molecule has 0 aromatic heterocycles. The molecule has 0 bridgehead atoms. The molecule has 134 valence electrons. The summed E-state index contributed by atoms with van der Waals surface area (Å²) >= 11 is 18.8. The molecule has 1 N–H and O–H groups in total. The summed E-state index contributed by atoms with van der Waals surface area (Å²) < 4.78 is 1.06. The van der Waals surface area contributed by atoms with E-state index in [4.69, 9.17) is 23.2 Å². The van der Waals surface area contributed by atoms with Gasteiger partial charge in [-0.25, -0.2) is 0 Å². The summed E-state index contributed by atoms with van der Waals surface area (Å²) in [6, 6.07) is 13.7. The minimum absolute atomic E-state index is 0.0742. The monoisotopic (exact) mass is 477 g/mol. The van der Waals surface area contributed by atoms with Gasteiger partial charge in [0.25, 0.3) is 0 Å². The van der Waals surface area contributed by atoms with Gasteiger partial charge in [-0.3, -0.25) is 4.79 Å². The van der Waals surface area contributed by atoms with E-state index in [1.54, 1.807) is 29.6 Å². The zero-order valence-corrected chi connectivity index (χ0v) is 18.2. The fourth-order valence-electron chi connectivity index (χ4n) is 2.02. The molecule has 0 aliphatic rings. The average molecular weight is 479 g/mol. The quantitative estimate of drug-likeness (QED) is 0.445. The number of thioether (sulfide) groups is 2. The van der Waals surface area contributed by atoms with Gasteiger partial charge in [0.2, 0.25) is 5.91 Å². The predicted molar refractivity (Wildman–Crippen MR) is 116 cm³/mol. The largest absolute Gasteiger partial charge is 0.355 e. The zero-order valence-electron chi connectivity index (χ0n) is 13.4. The lowest BCUT2D eigenvalue weighted by atomic mass is 10.2. The first kappa shape index (κ1) is 21.0. The molecule has 0 fully saturated rings. The summed E-state index contributed by atoms with van der Waals surface area (Å²) in [5.41, 5.74) is 2.27. The highest BCUT2D eigenvalue weighted by Gasteiger charge is 2.04. The van der Waals surface area contributed by atoms with E-state index in [2.05, 4.69) is 33.4 Å². The van der Waals surface area contributed by atoms with Crippen LogP contribution in [0.25, 0.3) is 0 Å². The highest BCUT2D eigenvalue weighted by atomic mass is 79.9. The van der Waals surface area contributed by atoms with Crippen molar-refractivity contribution in [3.8, 4) is 0 Å². The lowest BCUT2D eigenvalue weighted by Crippen LogP contribution is -2.27. The fraction of sp³-hybridized carbons (Fsp3) is 0.278. The molecule has 1 amide bonds. The number of hydrogen-bond donors (Lipinski definition) is 1.